The maximum atomic E-state index is 12.1. The molecule has 1 aromatic heterocycles. The number of Topliss-reactive ketones (excluding diaryl/α,β-unsaturated/α-hetero) is 1. The first-order chi connectivity index (χ1) is 15.0. The Morgan fingerprint density at radius 1 is 0.839 bits per heavy atom. The number of nitrogens with zero attached hydrogens (tertiary/aromatic N) is 1. The minimum Gasteiger partial charge on any atom is -0.443 e. The van der Waals surface area contributed by atoms with Crippen molar-refractivity contribution < 1.29 is 14.0 Å². The zero-order valence-electron chi connectivity index (χ0n) is 20.0. The summed E-state index contributed by atoms with van der Waals surface area (Å²) in [4.78, 5) is 23.8. The number of ketones is 1. The quantitative estimate of drug-likeness (QED) is 0.190. The molecule has 1 amide bonds. The molecule has 174 valence electrons. The third kappa shape index (κ3) is 11.2. The predicted molar refractivity (Wildman–Crippen MR) is 126 cm³/mol. The average Bonchev–Trinajstić information content (AvgIpc) is 3.05. The number of amides is 1. The summed E-state index contributed by atoms with van der Waals surface area (Å²) >= 11 is 0. The minimum absolute atomic E-state index is 0.0937. The van der Waals surface area contributed by atoms with Crippen LogP contribution in [0.1, 0.15) is 138 Å². The fourth-order valence-electron chi connectivity index (χ4n) is 4.01. The minimum atomic E-state index is -0.235. The highest BCUT2D eigenvalue weighted by Crippen LogP contribution is 2.27. The van der Waals surface area contributed by atoms with E-state index in [1.807, 2.05) is 6.07 Å². The summed E-state index contributed by atoms with van der Waals surface area (Å²) in [5.41, 5.74) is 0.375. The Hall–Kier alpha value is -2.09. The molecule has 0 radical (unpaired) electrons. The van der Waals surface area contributed by atoms with E-state index in [0.717, 1.165) is 19.3 Å². The molecular formula is C26H42N2O3. The van der Waals surface area contributed by atoms with E-state index < -0.39 is 0 Å². The van der Waals surface area contributed by atoms with E-state index in [-0.39, 0.29) is 28.7 Å². The Bertz CT molecular complexity index is 700. The van der Waals surface area contributed by atoms with Crippen LogP contribution in [0.3, 0.4) is 0 Å². The van der Waals surface area contributed by atoms with Gasteiger partial charge in [0.2, 0.25) is 11.8 Å². The standard InChI is InChI=1S/C26H42N2O3/c1-4-5-6-7-8-9-10-11-12-13-14-15-16-17-18-19-24(30)28-26-23(20-27)25(21(2)29)22(3)31-26/h4-19H2,1-3H3,(H,28,30). The van der Waals surface area contributed by atoms with Crippen molar-refractivity contribution in [2.75, 3.05) is 5.32 Å². The molecule has 1 heterocycles. The van der Waals surface area contributed by atoms with Gasteiger partial charge in [-0.2, -0.15) is 5.26 Å². The second kappa shape index (κ2) is 16.6. The molecule has 0 atom stereocenters. The van der Waals surface area contributed by atoms with Crippen LogP contribution in [0.25, 0.3) is 0 Å². The maximum Gasteiger partial charge on any atom is 0.226 e. The first kappa shape index (κ1) is 26.9. The Morgan fingerprint density at radius 3 is 1.71 bits per heavy atom. The number of unbranched alkanes of at least 4 members (excludes halogenated alkanes) is 14. The van der Waals surface area contributed by atoms with Crippen molar-refractivity contribution >= 4 is 17.6 Å². The van der Waals surface area contributed by atoms with Gasteiger partial charge in [0, 0.05) is 6.42 Å². The topological polar surface area (TPSA) is 83.1 Å². The first-order valence-corrected chi connectivity index (χ1v) is 12.4. The lowest BCUT2D eigenvalue weighted by atomic mass is 10.0. The van der Waals surface area contributed by atoms with Gasteiger partial charge < -0.3 is 4.42 Å². The Kier molecular flexibility index (Phi) is 14.4. The normalized spacial score (nSPS) is 10.8. The van der Waals surface area contributed by atoms with Crippen LogP contribution in [0, 0.1) is 18.3 Å². The summed E-state index contributed by atoms with van der Waals surface area (Å²) in [5, 5.41) is 11.9. The highest BCUT2D eigenvalue weighted by molar-refractivity contribution is 6.00. The van der Waals surface area contributed by atoms with Crippen molar-refractivity contribution in [2.45, 2.75) is 124 Å². The van der Waals surface area contributed by atoms with Gasteiger partial charge >= 0.3 is 0 Å². The molecular weight excluding hydrogens is 388 g/mol. The van der Waals surface area contributed by atoms with E-state index in [1.165, 1.54) is 84.0 Å². The fraction of sp³-hybridized carbons (Fsp3) is 0.731. The summed E-state index contributed by atoms with van der Waals surface area (Å²) in [6, 6.07) is 1.96. The summed E-state index contributed by atoms with van der Waals surface area (Å²) in [6.45, 7) is 5.28. The van der Waals surface area contributed by atoms with E-state index in [4.69, 9.17) is 4.42 Å². The van der Waals surface area contributed by atoms with E-state index in [0.29, 0.717) is 12.2 Å². The number of carbonyl (C=O) groups excluding carboxylic acids is 2. The number of hydrogen-bond acceptors (Lipinski definition) is 4. The third-order valence-electron chi connectivity index (χ3n) is 5.81. The van der Waals surface area contributed by atoms with Gasteiger partial charge in [0.25, 0.3) is 0 Å². The third-order valence-corrected chi connectivity index (χ3v) is 5.81. The van der Waals surface area contributed by atoms with Crippen molar-refractivity contribution in [2.24, 2.45) is 0 Å². The number of nitrogens with one attached hydrogen (secondary N) is 1. The van der Waals surface area contributed by atoms with Gasteiger partial charge in [0.1, 0.15) is 17.4 Å². The van der Waals surface area contributed by atoms with Crippen LogP contribution < -0.4 is 5.32 Å². The fourth-order valence-corrected chi connectivity index (χ4v) is 4.01. The molecule has 0 saturated carbocycles. The van der Waals surface area contributed by atoms with Crippen LogP contribution in [0.4, 0.5) is 5.88 Å². The molecule has 0 saturated heterocycles. The molecule has 0 unspecified atom stereocenters. The SMILES string of the molecule is CCCCCCCCCCCCCCCCCC(=O)Nc1oc(C)c(C(C)=O)c1C#N. The second-order valence-corrected chi connectivity index (χ2v) is 8.65. The molecule has 31 heavy (non-hydrogen) atoms. The van der Waals surface area contributed by atoms with E-state index in [9.17, 15) is 14.9 Å². The number of hydrogen-bond donors (Lipinski definition) is 1. The summed E-state index contributed by atoms with van der Waals surface area (Å²) in [6.07, 6.45) is 19.7. The van der Waals surface area contributed by atoms with Gasteiger partial charge in [0.15, 0.2) is 5.78 Å². The first-order valence-electron chi connectivity index (χ1n) is 12.4. The lowest BCUT2D eigenvalue weighted by Crippen LogP contribution is -2.11. The van der Waals surface area contributed by atoms with Gasteiger partial charge in [0.05, 0.1) is 5.56 Å². The lowest BCUT2D eigenvalue weighted by molar-refractivity contribution is -0.116. The monoisotopic (exact) mass is 430 g/mol. The van der Waals surface area contributed by atoms with Crippen molar-refractivity contribution in [3.8, 4) is 6.07 Å². The van der Waals surface area contributed by atoms with Crippen molar-refractivity contribution in [1.29, 1.82) is 5.26 Å². The zero-order valence-corrected chi connectivity index (χ0v) is 20.0. The van der Waals surface area contributed by atoms with E-state index in [1.54, 1.807) is 6.92 Å². The predicted octanol–water partition coefficient (Wildman–Crippen LogP) is 7.86. The Balaban J connectivity index is 2.03. The van der Waals surface area contributed by atoms with Crippen LogP contribution in [0.5, 0.6) is 0 Å². The van der Waals surface area contributed by atoms with E-state index in [2.05, 4.69) is 12.2 Å². The molecule has 0 bridgehead atoms. The number of rotatable bonds is 18. The molecule has 1 aromatic rings. The number of nitriles is 1. The maximum absolute atomic E-state index is 12.1. The lowest BCUT2D eigenvalue weighted by Gasteiger charge is -2.04. The van der Waals surface area contributed by atoms with Crippen LogP contribution in [-0.4, -0.2) is 11.7 Å². The van der Waals surface area contributed by atoms with Gasteiger partial charge in [-0.3, -0.25) is 14.9 Å². The van der Waals surface area contributed by atoms with E-state index >= 15 is 0 Å². The van der Waals surface area contributed by atoms with Crippen molar-refractivity contribution in [1.82, 2.24) is 0 Å². The molecule has 0 aliphatic rings. The largest absolute Gasteiger partial charge is 0.443 e. The number of anilines is 1. The number of furan rings is 1. The molecule has 0 aliphatic heterocycles. The van der Waals surface area contributed by atoms with Crippen molar-refractivity contribution in [3.63, 3.8) is 0 Å². The molecule has 0 aromatic carbocycles. The summed E-state index contributed by atoms with van der Waals surface area (Å²) in [5.74, 6) is 0.0539. The molecule has 1 rings (SSSR count). The van der Waals surface area contributed by atoms with Crippen LogP contribution >= 0.6 is 0 Å². The molecule has 5 heteroatoms. The smallest absolute Gasteiger partial charge is 0.226 e. The van der Waals surface area contributed by atoms with Gasteiger partial charge in [-0.15, -0.1) is 0 Å². The average molecular weight is 431 g/mol. The second-order valence-electron chi connectivity index (χ2n) is 8.65. The summed E-state index contributed by atoms with van der Waals surface area (Å²) < 4.78 is 5.42. The Morgan fingerprint density at radius 2 is 1.29 bits per heavy atom. The van der Waals surface area contributed by atoms with Gasteiger partial charge in [-0.05, 0) is 20.3 Å². The van der Waals surface area contributed by atoms with Crippen LogP contribution in [0.15, 0.2) is 4.42 Å². The molecule has 0 aliphatic carbocycles. The summed E-state index contributed by atoms with van der Waals surface area (Å²) in [7, 11) is 0. The molecule has 0 spiro atoms. The molecule has 5 nitrogen and oxygen atoms in total. The highest BCUT2D eigenvalue weighted by Gasteiger charge is 2.22. The van der Waals surface area contributed by atoms with Crippen LogP contribution in [0.2, 0.25) is 0 Å². The zero-order chi connectivity index (χ0) is 22.9. The number of carbonyl (C=O) groups is 2. The van der Waals surface area contributed by atoms with Crippen LogP contribution in [-0.2, 0) is 4.79 Å². The molecule has 0 fully saturated rings. The Labute approximate surface area is 189 Å². The number of aryl methyl sites for hydroxylation is 1. The van der Waals surface area contributed by atoms with Crippen molar-refractivity contribution in [3.05, 3.63) is 16.9 Å². The highest BCUT2D eigenvalue weighted by atomic mass is 16.4. The molecule has 1 N–H and O–H groups in total. The van der Waals surface area contributed by atoms with Gasteiger partial charge in [-0.25, -0.2) is 0 Å². The van der Waals surface area contributed by atoms with Gasteiger partial charge in [-0.1, -0.05) is 96.8 Å².